The molecule has 0 unspecified atom stereocenters. The fourth-order valence-corrected chi connectivity index (χ4v) is 2.03. The Bertz CT molecular complexity index is 567. The lowest BCUT2D eigenvalue weighted by atomic mass is 10.2. The number of hydrazone groups is 1. The standard InChI is InChI=1S/C9H5N5OS2/c10-4-6(8(15)7-2-1-3-16-7)12-14-9-13-11-5-17-9/h1-3,5H,(H,13,14)/b12-6+. The number of anilines is 1. The van der Waals surface area contributed by atoms with Crippen LogP contribution >= 0.6 is 22.7 Å². The summed E-state index contributed by atoms with van der Waals surface area (Å²) in [6.07, 6.45) is 0. The number of nitrogens with one attached hydrogen (secondary N) is 1. The molecule has 2 rings (SSSR count). The number of carbonyl (C=O) groups excluding carboxylic acids is 1. The number of hydrogen-bond donors (Lipinski definition) is 1. The Morgan fingerprint density at radius 3 is 3.00 bits per heavy atom. The van der Waals surface area contributed by atoms with Gasteiger partial charge in [0.05, 0.1) is 4.88 Å². The van der Waals surface area contributed by atoms with Crippen molar-refractivity contribution >= 4 is 39.3 Å². The van der Waals surface area contributed by atoms with Gasteiger partial charge in [-0.2, -0.15) is 10.4 Å². The highest BCUT2D eigenvalue weighted by atomic mass is 32.1. The van der Waals surface area contributed by atoms with Crippen molar-refractivity contribution in [2.75, 3.05) is 5.43 Å². The largest absolute Gasteiger partial charge is 0.285 e. The minimum absolute atomic E-state index is 0.206. The molecule has 17 heavy (non-hydrogen) atoms. The van der Waals surface area contributed by atoms with Crippen molar-refractivity contribution < 1.29 is 4.79 Å². The first-order chi connectivity index (χ1) is 8.31. The van der Waals surface area contributed by atoms with Crippen LogP contribution in [0.2, 0.25) is 0 Å². The molecule has 0 saturated heterocycles. The van der Waals surface area contributed by atoms with E-state index in [1.54, 1.807) is 23.6 Å². The molecule has 0 amide bonds. The number of carbonyl (C=O) groups is 1. The normalized spacial score (nSPS) is 10.9. The second kappa shape index (κ2) is 5.29. The van der Waals surface area contributed by atoms with Crippen LogP contribution in [-0.2, 0) is 0 Å². The summed E-state index contributed by atoms with van der Waals surface area (Å²) in [5, 5.41) is 22.0. The summed E-state index contributed by atoms with van der Waals surface area (Å²) in [7, 11) is 0. The average Bonchev–Trinajstić information content (AvgIpc) is 3.02. The second-order valence-corrected chi connectivity index (χ2v) is 4.52. The molecule has 0 aliphatic heterocycles. The van der Waals surface area contributed by atoms with Crippen LogP contribution in [-0.4, -0.2) is 21.7 Å². The predicted octanol–water partition coefficient (Wildman–Crippen LogP) is 1.77. The molecule has 1 N–H and O–H groups in total. The zero-order valence-electron chi connectivity index (χ0n) is 8.32. The highest BCUT2D eigenvalue weighted by Crippen LogP contribution is 2.11. The van der Waals surface area contributed by atoms with Gasteiger partial charge in [0.15, 0.2) is 0 Å². The fourth-order valence-electron chi connectivity index (χ4n) is 0.977. The number of hydrogen-bond acceptors (Lipinski definition) is 8. The number of nitriles is 1. The van der Waals surface area contributed by atoms with Crippen molar-refractivity contribution in [2.24, 2.45) is 5.10 Å². The van der Waals surface area contributed by atoms with Gasteiger partial charge < -0.3 is 0 Å². The first kappa shape index (κ1) is 11.4. The Hall–Kier alpha value is -2.11. The van der Waals surface area contributed by atoms with E-state index in [1.807, 2.05) is 0 Å². The molecular formula is C9H5N5OS2. The second-order valence-electron chi connectivity index (χ2n) is 2.73. The summed E-state index contributed by atoms with van der Waals surface area (Å²) in [6, 6.07) is 5.14. The van der Waals surface area contributed by atoms with E-state index in [4.69, 9.17) is 5.26 Å². The first-order valence-corrected chi connectivity index (χ1v) is 6.15. The molecule has 0 bridgehead atoms. The molecule has 0 fully saturated rings. The summed E-state index contributed by atoms with van der Waals surface area (Å²) in [5.74, 6) is -0.403. The number of aromatic nitrogens is 2. The quantitative estimate of drug-likeness (QED) is 0.515. The van der Waals surface area contributed by atoms with Gasteiger partial charge in [-0.05, 0) is 11.4 Å². The van der Waals surface area contributed by atoms with Gasteiger partial charge in [-0.15, -0.1) is 21.5 Å². The molecule has 0 aliphatic carbocycles. The predicted molar refractivity (Wildman–Crippen MR) is 65.2 cm³/mol. The minimum atomic E-state index is -0.403. The summed E-state index contributed by atoms with van der Waals surface area (Å²) >= 11 is 2.49. The van der Waals surface area contributed by atoms with E-state index in [0.29, 0.717) is 10.0 Å². The molecule has 0 aliphatic rings. The van der Waals surface area contributed by atoms with Gasteiger partial charge >= 0.3 is 0 Å². The molecule has 0 radical (unpaired) electrons. The van der Waals surface area contributed by atoms with E-state index >= 15 is 0 Å². The van der Waals surface area contributed by atoms with Crippen LogP contribution in [0, 0.1) is 11.3 Å². The Labute approximate surface area is 104 Å². The molecule has 8 heteroatoms. The van der Waals surface area contributed by atoms with Crippen LogP contribution in [0.25, 0.3) is 0 Å². The Balaban J connectivity index is 2.14. The van der Waals surface area contributed by atoms with E-state index in [1.165, 1.54) is 28.2 Å². The minimum Gasteiger partial charge on any atom is -0.285 e. The Morgan fingerprint density at radius 1 is 1.53 bits per heavy atom. The molecule has 2 aromatic heterocycles. The molecule has 0 spiro atoms. The van der Waals surface area contributed by atoms with Crippen molar-refractivity contribution in [3.63, 3.8) is 0 Å². The van der Waals surface area contributed by atoms with Crippen molar-refractivity contribution in [1.82, 2.24) is 10.2 Å². The van der Waals surface area contributed by atoms with Gasteiger partial charge in [0, 0.05) is 0 Å². The maximum Gasteiger partial charge on any atom is 0.233 e. The van der Waals surface area contributed by atoms with Gasteiger partial charge in [0.2, 0.25) is 16.6 Å². The third kappa shape index (κ3) is 2.72. The first-order valence-electron chi connectivity index (χ1n) is 4.39. The van der Waals surface area contributed by atoms with Crippen LogP contribution in [0.15, 0.2) is 28.1 Å². The fraction of sp³-hybridized carbons (Fsp3) is 0. The van der Waals surface area contributed by atoms with E-state index in [9.17, 15) is 4.79 Å². The molecule has 0 aromatic carbocycles. The summed E-state index contributed by atoms with van der Waals surface area (Å²) in [5.41, 5.74) is 3.83. The summed E-state index contributed by atoms with van der Waals surface area (Å²) in [4.78, 5) is 12.3. The molecule has 2 aromatic rings. The summed E-state index contributed by atoms with van der Waals surface area (Å²) in [6.45, 7) is 0. The Morgan fingerprint density at radius 2 is 2.41 bits per heavy atom. The van der Waals surface area contributed by atoms with Crippen molar-refractivity contribution in [2.45, 2.75) is 0 Å². The van der Waals surface area contributed by atoms with E-state index in [-0.39, 0.29) is 5.71 Å². The lowest BCUT2D eigenvalue weighted by Crippen LogP contribution is -2.12. The number of Topliss-reactive ketones (excluding diaryl/α,β-unsaturated/α-hetero) is 1. The molecule has 84 valence electrons. The highest BCUT2D eigenvalue weighted by molar-refractivity contribution is 7.13. The van der Waals surface area contributed by atoms with Crippen LogP contribution in [0.4, 0.5) is 5.13 Å². The molecule has 0 atom stereocenters. The third-order valence-corrected chi connectivity index (χ3v) is 3.15. The maximum atomic E-state index is 11.8. The number of ketones is 1. The van der Waals surface area contributed by atoms with Gasteiger partial charge in [-0.25, -0.2) is 5.43 Å². The smallest absolute Gasteiger partial charge is 0.233 e. The Kier molecular flexibility index (Phi) is 3.54. The topological polar surface area (TPSA) is 91.0 Å². The molecule has 2 heterocycles. The zero-order valence-corrected chi connectivity index (χ0v) is 9.96. The van der Waals surface area contributed by atoms with Crippen LogP contribution in [0.3, 0.4) is 0 Å². The SMILES string of the molecule is N#C/C(=N\Nc1nncs1)C(=O)c1cccs1. The van der Waals surface area contributed by atoms with Crippen LogP contribution < -0.4 is 5.43 Å². The van der Waals surface area contributed by atoms with E-state index in [2.05, 4.69) is 20.7 Å². The van der Waals surface area contributed by atoms with Gasteiger partial charge in [0.1, 0.15) is 11.6 Å². The van der Waals surface area contributed by atoms with Gasteiger partial charge in [-0.1, -0.05) is 17.4 Å². The van der Waals surface area contributed by atoms with Crippen LogP contribution in [0.5, 0.6) is 0 Å². The third-order valence-electron chi connectivity index (χ3n) is 1.69. The zero-order chi connectivity index (χ0) is 12.1. The van der Waals surface area contributed by atoms with E-state index in [0.717, 1.165) is 0 Å². The van der Waals surface area contributed by atoms with E-state index < -0.39 is 5.78 Å². The van der Waals surface area contributed by atoms with Gasteiger partial charge in [-0.3, -0.25) is 4.79 Å². The monoisotopic (exact) mass is 263 g/mol. The van der Waals surface area contributed by atoms with Gasteiger partial charge in [0.25, 0.3) is 0 Å². The van der Waals surface area contributed by atoms with Crippen molar-refractivity contribution in [3.8, 4) is 6.07 Å². The summed E-state index contributed by atoms with van der Waals surface area (Å²) < 4.78 is 0. The number of nitrogens with zero attached hydrogens (tertiary/aromatic N) is 4. The average molecular weight is 263 g/mol. The lowest BCUT2D eigenvalue weighted by Gasteiger charge is -1.95. The maximum absolute atomic E-state index is 11.8. The van der Waals surface area contributed by atoms with Crippen molar-refractivity contribution in [1.29, 1.82) is 5.26 Å². The number of thiophene rings is 1. The lowest BCUT2D eigenvalue weighted by molar-refractivity contribution is 0.107. The highest BCUT2D eigenvalue weighted by Gasteiger charge is 2.14. The molecule has 6 nitrogen and oxygen atoms in total. The van der Waals surface area contributed by atoms with Crippen molar-refractivity contribution in [3.05, 3.63) is 27.9 Å². The number of rotatable bonds is 4. The van der Waals surface area contributed by atoms with Crippen LogP contribution in [0.1, 0.15) is 9.67 Å². The molecule has 0 saturated carbocycles. The molecular weight excluding hydrogens is 258 g/mol.